The average Bonchev–Trinajstić information content (AvgIpc) is 2.83. The molecule has 20 heavy (non-hydrogen) atoms. The summed E-state index contributed by atoms with van der Waals surface area (Å²) in [6, 6.07) is 14.0. The summed E-state index contributed by atoms with van der Waals surface area (Å²) in [5.41, 5.74) is 3.98. The number of fused-ring (bicyclic) bond motifs is 1. The van der Waals surface area contributed by atoms with Gasteiger partial charge in [0.25, 0.3) is 0 Å². The van der Waals surface area contributed by atoms with Gasteiger partial charge in [0.15, 0.2) is 0 Å². The number of hydrogen-bond acceptors (Lipinski definition) is 3. The maximum absolute atomic E-state index is 4.61. The fourth-order valence-corrected chi connectivity index (χ4v) is 2.18. The predicted molar refractivity (Wildman–Crippen MR) is 80.9 cm³/mol. The SMILES string of the molecule is CC(=NCc1nc2ccccc2n1C)c1ccccn1. The van der Waals surface area contributed by atoms with Gasteiger partial charge in [0.1, 0.15) is 5.82 Å². The average molecular weight is 264 g/mol. The molecular weight excluding hydrogens is 248 g/mol. The molecule has 100 valence electrons. The first-order valence-electron chi connectivity index (χ1n) is 6.58. The number of aromatic nitrogens is 3. The van der Waals surface area contributed by atoms with Crippen molar-refractivity contribution >= 4 is 16.7 Å². The number of hydrogen-bond donors (Lipinski definition) is 0. The first kappa shape index (κ1) is 12.5. The zero-order chi connectivity index (χ0) is 13.9. The normalized spacial score (nSPS) is 12.0. The second kappa shape index (κ2) is 5.25. The van der Waals surface area contributed by atoms with Crippen LogP contribution in [-0.4, -0.2) is 20.2 Å². The molecule has 0 saturated heterocycles. The molecule has 0 aliphatic rings. The van der Waals surface area contributed by atoms with Gasteiger partial charge in [0, 0.05) is 13.2 Å². The highest BCUT2D eigenvalue weighted by Crippen LogP contribution is 2.14. The molecule has 0 N–H and O–H groups in total. The minimum atomic E-state index is 0.563. The van der Waals surface area contributed by atoms with Gasteiger partial charge in [0.2, 0.25) is 0 Å². The van der Waals surface area contributed by atoms with E-state index >= 15 is 0 Å². The Labute approximate surface area is 117 Å². The predicted octanol–water partition coefficient (Wildman–Crippen LogP) is 2.98. The summed E-state index contributed by atoms with van der Waals surface area (Å²) >= 11 is 0. The molecule has 4 nitrogen and oxygen atoms in total. The zero-order valence-corrected chi connectivity index (χ0v) is 11.6. The number of aryl methyl sites for hydroxylation is 1. The first-order chi connectivity index (χ1) is 9.75. The van der Waals surface area contributed by atoms with E-state index in [2.05, 4.69) is 25.6 Å². The lowest BCUT2D eigenvalue weighted by atomic mass is 10.2. The van der Waals surface area contributed by atoms with Crippen molar-refractivity contribution in [2.24, 2.45) is 12.0 Å². The third kappa shape index (κ3) is 2.32. The van der Waals surface area contributed by atoms with Crippen LogP contribution in [0.3, 0.4) is 0 Å². The van der Waals surface area contributed by atoms with Crippen molar-refractivity contribution < 1.29 is 0 Å². The summed E-state index contributed by atoms with van der Waals surface area (Å²) in [5, 5.41) is 0. The van der Waals surface area contributed by atoms with Gasteiger partial charge in [-0.1, -0.05) is 18.2 Å². The van der Waals surface area contributed by atoms with Crippen LogP contribution in [0.5, 0.6) is 0 Å². The Morgan fingerprint density at radius 3 is 2.70 bits per heavy atom. The number of para-hydroxylation sites is 2. The third-order valence-corrected chi connectivity index (χ3v) is 3.37. The zero-order valence-electron chi connectivity index (χ0n) is 11.6. The van der Waals surface area contributed by atoms with Crippen LogP contribution in [0, 0.1) is 0 Å². The monoisotopic (exact) mass is 264 g/mol. The number of nitrogens with zero attached hydrogens (tertiary/aromatic N) is 4. The summed E-state index contributed by atoms with van der Waals surface area (Å²) < 4.78 is 2.09. The summed E-state index contributed by atoms with van der Waals surface area (Å²) in [7, 11) is 2.02. The lowest BCUT2D eigenvalue weighted by molar-refractivity contribution is 0.813. The fraction of sp³-hybridized carbons (Fsp3) is 0.188. The van der Waals surface area contributed by atoms with Crippen molar-refractivity contribution in [2.75, 3.05) is 0 Å². The van der Waals surface area contributed by atoms with Crippen LogP contribution < -0.4 is 0 Å². The van der Waals surface area contributed by atoms with E-state index in [1.807, 2.05) is 50.4 Å². The second-order valence-corrected chi connectivity index (χ2v) is 4.69. The van der Waals surface area contributed by atoms with Crippen LogP contribution in [-0.2, 0) is 13.6 Å². The molecule has 3 aromatic rings. The molecule has 1 aromatic carbocycles. The lowest BCUT2D eigenvalue weighted by Gasteiger charge is -2.01. The second-order valence-electron chi connectivity index (χ2n) is 4.69. The van der Waals surface area contributed by atoms with Crippen LogP contribution in [0.15, 0.2) is 53.7 Å². The number of aliphatic imine (C=N–C) groups is 1. The minimum Gasteiger partial charge on any atom is -0.330 e. The smallest absolute Gasteiger partial charge is 0.131 e. The van der Waals surface area contributed by atoms with Crippen LogP contribution in [0.1, 0.15) is 18.4 Å². The topological polar surface area (TPSA) is 43.1 Å². The number of pyridine rings is 1. The van der Waals surface area contributed by atoms with Crippen LogP contribution >= 0.6 is 0 Å². The van der Waals surface area contributed by atoms with E-state index in [0.29, 0.717) is 6.54 Å². The van der Waals surface area contributed by atoms with Crippen LogP contribution in [0.2, 0.25) is 0 Å². The van der Waals surface area contributed by atoms with Crippen molar-refractivity contribution in [1.29, 1.82) is 0 Å². The molecule has 0 amide bonds. The minimum absolute atomic E-state index is 0.563. The number of benzene rings is 1. The van der Waals surface area contributed by atoms with Crippen molar-refractivity contribution in [3.8, 4) is 0 Å². The molecule has 0 aliphatic carbocycles. The van der Waals surface area contributed by atoms with Crippen LogP contribution in [0.25, 0.3) is 11.0 Å². The van der Waals surface area contributed by atoms with E-state index in [1.165, 1.54) is 0 Å². The Bertz CT molecular complexity index is 757. The summed E-state index contributed by atoms with van der Waals surface area (Å²) in [4.78, 5) is 13.5. The molecule has 0 aliphatic heterocycles. The number of rotatable bonds is 3. The highest BCUT2D eigenvalue weighted by atomic mass is 15.1. The Morgan fingerprint density at radius 1 is 1.15 bits per heavy atom. The Morgan fingerprint density at radius 2 is 1.95 bits per heavy atom. The van der Waals surface area contributed by atoms with Crippen molar-refractivity contribution in [3.05, 3.63) is 60.2 Å². The number of imidazole rings is 1. The highest BCUT2D eigenvalue weighted by molar-refractivity contribution is 5.96. The van der Waals surface area contributed by atoms with Gasteiger partial charge in [0.05, 0.1) is 29.0 Å². The Kier molecular flexibility index (Phi) is 3.29. The maximum Gasteiger partial charge on any atom is 0.131 e. The van der Waals surface area contributed by atoms with Crippen LogP contribution in [0.4, 0.5) is 0 Å². The van der Waals surface area contributed by atoms with Gasteiger partial charge in [-0.25, -0.2) is 4.98 Å². The van der Waals surface area contributed by atoms with E-state index in [-0.39, 0.29) is 0 Å². The molecule has 0 spiro atoms. The van der Waals surface area contributed by atoms with Gasteiger partial charge < -0.3 is 4.57 Å². The van der Waals surface area contributed by atoms with Crippen molar-refractivity contribution in [1.82, 2.24) is 14.5 Å². The fourth-order valence-electron chi connectivity index (χ4n) is 2.18. The molecule has 0 atom stereocenters. The van der Waals surface area contributed by atoms with Gasteiger partial charge in [-0.05, 0) is 31.2 Å². The lowest BCUT2D eigenvalue weighted by Crippen LogP contribution is -2.01. The summed E-state index contributed by atoms with van der Waals surface area (Å²) in [6.45, 7) is 2.54. The van der Waals surface area contributed by atoms with E-state index in [4.69, 9.17) is 0 Å². The first-order valence-corrected chi connectivity index (χ1v) is 6.58. The molecule has 2 aromatic heterocycles. The Balaban J connectivity index is 1.89. The molecule has 4 heteroatoms. The molecule has 0 unspecified atom stereocenters. The van der Waals surface area contributed by atoms with Gasteiger partial charge in [-0.3, -0.25) is 9.98 Å². The molecule has 0 bridgehead atoms. The van der Waals surface area contributed by atoms with Crippen molar-refractivity contribution in [2.45, 2.75) is 13.5 Å². The standard InChI is InChI=1S/C16H16N4/c1-12(13-7-5-6-10-17-13)18-11-16-19-14-8-3-4-9-15(14)20(16)2/h3-10H,11H2,1-2H3. The molecule has 0 saturated carbocycles. The maximum atomic E-state index is 4.61. The van der Waals surface area contributed by atoms with E-state index in [9.17, 15) is 0 Å². The molecule has 0 radical (unpaired) electrons. The summed E-state index contributed by atoms with van der Waals surface area (Å²) in [6.07, 6.45) is 1.78. The van der Waals surface area contributed by atoms with E-state index in [0.717, 1.165) is 28.3 Å². The molecule has 0 fully saturated rings. The van der Waals surface area contributed by atoms with E-state index in [1.54, 1.807) is 6.20 Å². The van der Waals surface area contributed by atoms with Gasteiger partial charge in [-0.2, -0.15) is 0 Å². The molecular formula is C16H16N4. The third-order valence-electron chi connectivity index (χ3n) is 3.37. The van der Waals surface area contributed by atoms with Crippen molar-refractivity contribution in [3.63, 3.8) is 0 Å². The molecule has 3 rings (SSSR count). The van der Waals surface area contributed by atoms with Gasteiger partial charge in [-0.15, -0.1) is 0 Å². The largest absolute Gasteiger partial charge is 0.330 e. The molecule has 2 heterocycles. The highest BCUT2D eigenvalue weighted by Gasteiger charge is 2.06. The summed E-state index contributed by atoms with van der Waals surface area (Å²) in [5.74, 6) is 0.960. The van der Waals surface area contributed by atoms with E-state index < -0.39 is 0 Å². The Hall–Kier alpha value is -2.49. The quantitative estimate of drug-likeness (QED) is 0.682. The van der Waals surface area contributed by atoms with Gasteiger partial charge >= 0.3 is 0 Å².